The molecule has 11 heavy (non-hydrogen) atoms. The Hall–Kier alpha value is -1.35. The number of carbonyl (C=O) groups excluding carboxylic acids is 1. The Balaban J connectivity index is 2.48. The monoisotopic (exact) mass is 149 g/mol. The number of hydrogen-bond acceptors (Lipinski definition) is 3. The van der Waals surface area contributed by atoms with Gasteiger partial charge >= 0.3 is 0 Å². The first-order valence-corrected chi connectivity index (χ1v) is 3.21. The van der Waals surface area contributed by atoms with Crippen LogP contribution in [-0.4, -0.2) is 6.29 Å². The van der Waals surface area contributed by atoms with E-state index in [9.17, 15) is 4.79 Å². The lowest BCUT2D eigenvalue weighted by molar-refractivity contribution is -0.194. The predicted octanol–water partition coefficient (Wildman–Crippen LogP) is 0.968. The van der Waals surface area contributed by atoms with Gasteiger partial charge in [-0.25, -0.2) is 0 Å². The maximum Gasteiger partial charge on any atom is 0.233 e. The summed E-state index contributed by atoms with van der Waals surface area (Å²) in [4.78, 5) is 19.6. The van der Waals surface area contributed by atoms with Crippen LogP contribution in [-0.2, 0) is 16.3 Å². The molecule has 1 heterocycles. The SMILES string of the molecule is O=[C]c1ccc2c(c1)OOC2. The highest BCUT2D eigenvalue weighted by atomic mass is 17.2. The highest BCUT2D eigenvalue weighted by molar-refractivity contribution is 5.76. The Kier molecular flexibility index (Phi) is 1.36. The Morgan fingerprint density at radius 2 is 2.36 bits per heavy atom. The van der Waals surface area contributed by atoms with Crippen molar-refractivity contribution in [3.8, 4) is 5.75 Å². The average Bonchev–Trinajstić information content (AvgIpc) is 2.50. The molecule has 1 radical (unpaired) electrons. The molecule has 3 nitrogen and oxygen atoms in total. The standard InChI is InChI=1S/C8H5O3/c9-4-6-1-2-7-5-10-11-8(7)3-6/h1-3H,5H2. The Morgan fingerprint density at radius 1 is 1.45 bits per heavy atom. The van der Waals surface area contributed by atoms with Crippen molar-refractivity contribution >= 4 is 6.29 Å². The van der Waals surface area contributed by atoms with Gasteiger partial charge in [0, 0.05) is 11.1 Å². The Bertz CT molecular complexity index is 293. The van der Waals surface area contributed by atoms with Gasteiger partial charge in [-0.1, -0.05) is 12.1 Å². The third-order valence-electron chi connectivity index (χ3n) is 1.55. The Labute approximate surface area is 63.5 Å². The third kappa shape index (κ3) is 0.991. The normalized spacial score (nSPS) is 13.8. The minimum absolute atomic E-state index is 0.453. The predicted molar refractivity (Wildman–Crippen MR) is 36.7 cm³/mol. The summed E-state index contributed by atoms with van der Waals surface area (Å²) in [7, 11) is 0. The van der Waals surface area contributed by atoms with Gasteiger partial charge in [0.05, 0.1) is 0 Å². The number of hydrogen-bond donors (Lipinski definition) is 0. The molecule has 0 bridgehead atoms. The lowest BCUT2D eigenvalue weighted by Gasteiger charge is -1.93. The molecule has 0 saturated carbocycles. The summed E-state index contributed by atoms with van der Waals surface area (Å²) in [5, 5.41) is 0. The molecule has 0 N–H and O–H groups in total. The van der Waals surface area contributed by atoms with Gasteiger partial charge in [-0.3, -0.25) is 4.79 Å². The van der Waals surface area contributed by atoms with Crippen LogP contribution in [0.4, 0.5) is 0 Å². The highest BCUT2D eigenvalue weighted by Crippen LogP contribution is 2.26. The quantitative estimate of drug-likeness (QED) is 0.558. The van der Waals surface area contributed by atoms with Crippen molar-refractivity contribution in [1.29, 1.82) is 0 Å². The van der Waals surface area contributed by atoms with E-state index < -0.39 is 0 Å². The minimum Gasteiger partial charge on any atom is -0.337 e. The molecule has 0 aromatic heterocycles. The molecule has 1 aromatic rings. The second-order valence-corrected chi connectivity index (χ2v) is 2.27. The lowest BCUT2D eigenvalue weighted by atomic mass is 10.1. The smallest absolute Gasteiger partial charge is 0.233 e. The van der Waals surface area contributed by atoms with E-state index in [-0.39, 0.29) is 0 Å². The largest absolute Gasteiger partial charge is 0.337 e. The van der Waals surface area contributed by atoms with Crippen molar-refractivity contribution < 1.29 is 14.6 Å². The third-order valence-corrected chi connectivity index (χ3v) is 1.55. The topological polar surface area (TPSA) is 35.5 Å². The van der Waals surface area contributed by atoms with Crippen LogP contribution in [0, 0.1) is 0 Å². The fourth-order valence-corrected chi connectivity index (χ4v) is 0.971. The highest BCUT2D eigenvalue weighted by Gasteiger charge is 2.13. The number of fused-ring (bicyclic) bond motifs is 1. The average molecular weight is 149 g/mol. The van der Waals surface area contributed by atoms with E-state index in [0.29, 0.717) is 17.9 Å². The van der Waals surface area contributed by atoms with E-state index in [2.05, 4.69) is 4.89 Å². The molecule has 0 unspecified atom stereocenters. The molecule has 2 rings (SSSR count). The van der Waals surface area contributed by atoms with Gasteiger partial charge in [-0.2, -0.15) is 4.89 Å². The van der Waals surface area contributed by atoms with Gasteiger partial charge in [0.2, 0.25) is 6.29 Å². The summed E-state index contributed by atoms with van der Waals surface area (Å²) in [6.45, 7) is 0.453. The van der Waals surface area contributed by atoms with Crippen molar-refractivity contribution in [3.05, 3.63) is 29.3 Å². The summed E-state index contributed by atoms with van der Waals surface area (Å²) >= 11 is 0. The molecule has 3 heteroatoms. The molecule has 0 aliphatic carbocycles. The van der Waals surface area contributed by atoms with Crippen LogP contribution >= 0.6 is 0 Å². The van der Waals surface area contributed by atoms with E-state index in [1.165, 1.54) is 0 Å². The molecule has 0 saturated heterocycles. The van der Waals surface area contributed by atoms with E-state index in [1.54, 1.807) is 24.5 Å². The molecule has 1 aliphatic heterocycles. The summed E-state index contributed by atoms with van der Waals surface area (Å²) < 4.78 is 0. The molecular formula is C8H5O3. The maximum absolute atomic E-state index is 10.2. The fraction of sp³-hybridized carbons (Fsp3) is 0.125. The summed E-state index contributed by atoms with van der Waals surface area (Å²) in [5.41, 5.74) is 1.44. The molecule has 1 aromatic carbocycles. The fourth-order valence-electron chi connectivity index (χ4n) is 0.971. The summed E-state index contributed by atoms with van der Waals surface area (Å²) in [5.74, 6) is 0.617. The van der Waals surface area contributed by atoms with Crippen LogP contribution < -0.4 is 4.89 Å². The molecule has 0 fully saturated rings. The maximum atomic E-state index is 10.2. The van der Waals surface area contributed by atoms with Crippen LogP contribution in [0.3, 0.4) is 0 Å². The molecule has 0 amide bonds. The molecule has 0 atom stereocenters. The second kappa shape index (κ2) is 2.36. The first-order valence-electron chi connectivity index (χ1n) is 3.21. The van der Waals surface area contributed by atoms with Crippen molar-refractivity contribution in [2.75, 3.05) is 0 Å². The van der Waals surface area contributed by atoms with Crippen LogP contribution in [0.25, 0.3) is 0 Å². The van der Waals surface area contributed by atoms with Gasteiger partial charge in [0.1, 0.15) is 6.61 Å². The van der Waals surface area contributed by atoms with Gasteiger partial charge < -0.3 is 4.89 Å². The molecular weight excluding hydrogens is 144 g/mol. The van der Waals surface area contributed by atoms with Gasteiger partial charge in [0.15, 0.2) is 5.75 Å². The van der Waals surface area contributed by atoms with E-state index >= 15 is 0 Å². The second-order valence-electron chi connectivity index (χ2n) is 2.27. The van der Waals surface area contributed by atoms with Crippen LogP contribution in [0.5, 0.6) is 5.75 Å². The first-order chi connectivity index (χ1) is 5.40. The van der Waals surface area contributed by atoms with Crippen molar-refractivity contribution in [3.63, 3.8) is 0 Å². The van der Waals surface area contributed by atoms with Crippen molar-refractivity contribution in [1.82, 2.24) is 0 Å². The van der Waals surface area contributed by atoms with Crippen LogP contribution in [0.1, 0.15) is 11.1 Å². The minimum atomic E-state index is 0.453. The van der Waals surface area contributed by atoms with Crippen molar-refractivity contribution in [2.45, 2.75) is 6.61 Å². The molecule has 0 spiro atoms. The zero-order chi connectivity index (χ0) is 7.68. The zero-order valence-corrected chi connectivity index (χ0v) is 5.66. The van der Waals surface area contributed by atoms with Gasteiger partial charge in [-0.15, -0.1) is 0 Å². The van der Waals surface area contributed by atoms with Crippen LogP contribution in [0.15, 0.2) is 18.2 Å². The van der Waals surface area contributed by atoms with Crippen LogP contribution in [0.2, 0.25) is 0 Å². The summed E-state index contributed by atoms with van der Waals surface area (Å²) in [6, 6.07) is 5.09. The van der Waals surface area contributed by atoms with Gasteiger partial charge in [-0.05, 0) is 6.07 Å². The Morgan fingerprint density at radius 3 is 3.18 bits per heavy atom. The van der Waals surface area contributed by atoms with Gasteiger partial charge in [0.25, 0.3) is 0 Å². The summed E-state index contributed by atoms with van der Waals surface area (Å²) in [6.07, 6.45) is 1.77. The molecule has 1 aliphatic rings. The zero-order valence-electron chi connectivity index (χ0n) is 5.66. The van der Waals surface area contributed by atoms with E-state index in [1.807, 2.05) is 0 Å². The van der Waals surface area contributed by atoms with E-state index in [4.69, 9.17) is 4.89 Å². The van der Waals surface area contributed by atoms with Crippen molar-refractivity contribution in [2.24, 2.45) is 0 Å². The van der Waals surface area contributed by atoms with E-state index in [0.717, 1.165) is 5.56 Å². The number of rotatable bonds is 1. The lowest BCUT2D eigenvalue weighted by Crippen LogP contribution is -1.83. The molecule has 55 valence electrons. The number of benzene rings is 1. The first kappa shape index (κ1) is 6.37.